The summed E-state index contributed by atoms with van der Waals surface area (Å²) >= 11 is 0. The van der Waals surface area contributed by atoms with E-state index in [2.05, 4.69) is 0 Å². The van der Waals surface area contributed by atoms with Gasteiger partial charge in [0.25, 0.3) is 0 Å². The summed E-state index contributed by atoms with van der Waals surface area (Å²) in [7, 11) is 0. The Kier molecular flexibility index (Phi) is 4.11. The standard InChI is InChI=1S/C14H20N2O2/c1-7(2)11-9(13(15)17)5-6-10(14(16)18)12(11)8(3)4/h5-8H,1-4H3,(H2,15,17)(H2,16,18). The fourth-order valence-electron chi connectivity index (χ4n) is 2.31. The minimum atomic E-state index is -0.475. The second-order valence-electron chi connectivity index (χ2n) is 5.03. The lowest BCUT2D eigenvalue weighted by Crippen LogP contribution is -2.21. The highest BCUT2D eigenvalue weighted by Gasteiger charge is 2.22. The Balaban J connectivity index is 3.71. The predicted molar refractivity (Wildman–Crippen MR) is 71.7 cm³/mol. The Labute approximate surface area is 107 Å². The molecule has 2 amide bonds. The molecule has 0 bridgehead atoms. The van der Waals surface area contributed by atoms with Gasteiger partial charge in [0, 0.05) is 11.1 Å². The molecule has 0 heterocycles. The van der Waals surface area contributed by atoms with Gasteiger partial charge in [0.2, 0.25) is 11.8 Å². The Morgan fingerprint density at radius 3 is 1.28 bits per heavy atom. The first-order valence-corrected chi connectivity index (χ1v) is 6.03. The zero-order chi connectivity index (χ0) is 14.0. The normalized spacial score (nSPS) is 11.0. The van der Waals surface area contributed by atoms with E-state index in [1.807, 2.05) is 27.7 Å². The lowest BCUT2D eigenvalue weighted by molar-refractivity contribution is 0.0986. The van der Waals surface area contributed by atoms with Crippen LogP contribution in [-0.4, -0.2) is 11.8 Å². The van der Waals surface area contributed by atoms with Crippen molar-refractivity contribution in [1.82, 2.24) is 0 Å². The molecule has 0 aromatic heterocycles. The van der Waals surface area contributed by atoms with Crippen molar-refractivity contribution in [2.75, 3.05) is 0 Å². The van der Waals surface area contributed by atoms with Gasteiger partial charge >= 0.3 is 0 Å². The van der Waals surface area contributed by atoms with E-state index in [1.54, 1.807) is 12.1 Å². The number of rotatable bonds is 4. The zero-order valence-corrected chi connectivity index (χ0v) is 11.3. The van der Waals surface area contributed by atoms with E-state index in [1.165, 1.54) is 0 Å². The topological polar surface area (TPSA) is 86.2 Å². The number of amides is 2. The first-order valence-electron chi connectivity index (χ1n) is 6.03. The van der Waals surface area contributed by atoms with E-state index < -0.39 is 11.8 Å². The Bertz CT molecular complexity index is 446. The lowest BCUT2D eigenvalue weighted by Gasteiger charge is -2.21. The summed E-state index contributed by atoms with van der Waals surface area (Å²) < 4.78 is 0. The molecule has 0 aliphatic heterocycles. The average molecular weight is 248 g/mol. The van der Waals surface area contributed by atoms with Gasteiger partial charge in [-0.3, -0.25) is 9.59 Å². The van der Waals surface area contributed by atoms with Crippen LogP contribution in [0, 0.1) is 0 Å². The van der Waals surface area contributed by atoms with Crippen molar-refractivity contribution in [2.24, 2.45) is 11.5 Å². The van der Waals surface area contributed by atoms with Crippen molar-refractivity contribution in [2.45, 2.75) is 39.5 Å². The fourth-order valence-corrected chi connectivity index (χ4v) is 2.31. The first-order chi connectivity index (χ1) is 8.27. The van der Waals surface area contributed by atoms with Crippen LogP contribution in [0.2, 0.25) is 0 Å². The molecule has 1 aromatic carbocycles. The Hall–Kier alpha value is -1.84. The van der Waals surface area contributed by atoms with E-state index in [4.69, 9.17) is 11.5 Å². The van der Waals surface area contributed by atoms with Crippen LogP contribution in [0.4, 0.5) is 0 Å². The third-order valence-corrected chi connectivity index (χ3v) is 2.97. The highest BCUT2D eigenvalue weighted by atomic mass is 16.1. The van der Waals surface area contributed by atoms with Gasteiger partial charge in [-0.25, -0.2) is 0 Å². The molecule has 0 atom stereocenters. The molecule has 0 aliphatic rings. The summed E-state index contributed by atoms with van der Waals surface area (Å²) in [5.74, 6) is -0.748. The van der Waals surface area contributed by atoms with Crippen LogP contribution >= 0.6 is 0 Å². The molecule has 0 saturated carbocycles. The Morgan fingerprint density at radius 2 is 1.11 bits per heavy atom. The molecule has 0 unspecified atom stereocenters. The summed E-state index contributed by atoms with van der Waals surface area (Å²) in [5, 5.41) is 0. The van der Waals surface area contributed by atoms with Gasteiger partial charge in [0.15, 0.2) is 0 Å². The molecule has 4 N–H and O–H groups in total. The van der Waals surface area contributed by atoms with Crippen molar-refractivity contribution in [3.63, 3.8) is 0 Å². The number of hydrogen-bond acceptors (Lipinski definition) is 2. The summed E-state index contributed by atoms with van der Waals surface area (Å²) in [6.07, 6.45) is 0. The van der Waals surface area contributed by atoms with Crippen molar-refractivity contribution in [3.8, 4) is 0 Å². The van der Waals surface area contributed by atoms with Crippen molar-refractivity contribution in [3.05, 3.63) is 34.4 Å². The van der Waals surface area contributed by atoms with Crippen LogP contribution in [-0.2, 0) is 0 Å². The summed E-state index contributed by atoms with van der Waals surface area (Å²) in [6.45, 7) is 7.88. The van der Waals surface area contributed by atoms with E-state index in [-0.39, 0.29) is 11.8 Å². The van der Waals surface area contributed by atoms with Gasteiger partial charge in [0.1, 0.15) is 0 Å². The van der Waals surface area contributed by atoms with Gasteiger partial charge in [-0.15, -0.1) is 0 Å². The summed E-state index contributed by atoms with van der Waals surface area (Å²) in [6, 6.07) is 3.17. The highest BCUT2D eigenvalue weighted by molar-refractivity contribution is 5.99. The molecule has 0 fully saturated rings. The van der Waals surface area contributed by atoms with Crippen molar-refractivity contribution >= 4 is 11.8 Å². The SMILES string of the molecule is CC(C)c1c(C(N)=O)ccc(C(N)=O)c1C(C)C. The summed E-state index contributed by atoms with van der Waals surface area (Å²) in [4.78, 5) is 23.0. The smallest absolute Gasteiger partial charge is 0.248 e. The van der Waals surface area contributed by atoms with E-state index in [0.29, 0.717) is 11.1 Å². The number of nitrogens with two attached hydrogens (primary N) is 2. The maximum absolute atomic E-state index is 11.5. The lowest BCUT2D eigenvalue weighted by atomic mass is 9.83. The van der Waals surface area contributed by atoms with Gasteiger partial charge in [-0.1, -0.05) is 27.7 Å². The van der Waals surface area contributed by atoms with Crippen LogP contribution < -0.4 is 11.5 Å². The van der Waals surface area contributed by atoms with Gasteiger partial charge in [-0.05, 0) is 35.1 Å². The highest BCUT2D eigenvalue weighted by Crippen LogP contribution is 2.32. The van der Waals surface area contributed by atoms with E-state index in [9.17, 15) is 9.59 Å². The number of carbonyl (C=O) groups is 2. The average Bonchev–Trinajstić information content (AvgIpc) is 2.26. The molecule has 0 radical (unpaired) electrons. The molecule has 1 rings (SSSR count). The van der Waals surface area contributed by atoms with Crippen LogP contribution in [0.5, 0.6) is 0 Å². The van der Waals surface area contributed by atoms with Crippen LogP contribution in [0.25, 0.3) is 0 Å². The second-order valence-corrected chi connectivity index (χ2v) is 5.03. The largest absolute Gasteiger partial charge is 0.366 e. The molecule has 18 heavy (non-hydrogen) atoms. The van der Waals surface area contributed by atoms with Crippen molar-refractivity contribution in [1.29, 1.82) is 0 Å². The molecular weight excluding hydrogens is 228 g/mol. The van der Waals surface area contributed by atoms with Gasteiger partial charge < -0.3 is 11.5 Å². The number of primary amides is 2. The molecule has 4 nitrogen and oxygen atoms in total. The molecule has 4 heteroatoms. The first kappa shape index (κ1) is 14.2. The van der Waals surface area contributed by atoms with Crippen LogP contribution in [0.15, 0.2) is 12.1 Å². The summed E-state index contributed by atoms with van der Waals surface area (Å²) in [5.41, 5.74) is 13.4. The zero-order valence-electron chi connectivity index (χ0n) is 11.3. The van der Waals surface area contributed by atoms with Gasteiger partial charge in [0.05, 0.1) is 0 Å². The number of hydrogen-bond donors (Lipinski definition) is 2. The molecule has 0 aliphatic carbocycles. The monoisotopic (exact) mass is 248 g/mol. The van der Waals surface area contributed by atoms with Crippen molar-refractivity contribution < 1.29 is 9.59 Å². The molecule has 98 valence electrons. The molecule has 0 saturated heterocycles. The second kappa shape index (κ2) is 5.21. The molecular formula is C14H20N2O2. The maximum Gasteiger partial charge on any atom is 0.248 e. The Morgan fingerprint density at radius 1 is 0.833 bits per heavy atom. The third kappa shape index (κ3) is 2.53. The minimum absolute atomic E-state index is 0.101. The fraction of sp³-hybridized carbons (Fsp3) is 0.429. The van der Waals surface area contributed by atoms with E-state index in [0.717, 1.165) is 11.1 Å². The number of carbonyl (C=O) groups excluding carboxylic acids is 2. The van der Waals surface area contributed by atoms with Crippen LogP contribution in [0.3, 0.4) is 0 Å². The predicted octanol–water partition coefficient (Wildman–Crippen LogP) is 2.13. The number of benzene rings is 1. The maximum atomic E-state index is 11.5. The van der Waals surface area contributed by atoms with Gasteiger partial charge in [-0.2, -0.15) is 0 Å². The van der Waals surface area contributed by atoms with E-state index >= 15 is 0 Å². The quantitative estimate of drug-likeness (QED) is 0.855. The molecule has 0 spiro atoms. The molecule has 1 aromatic rings. The van der Waals surface area contributed by atoms with Crippen LogP contribution in [0.1, 0.15) is 71.4 Å². The minimum Gasteiger partial charge on any atom is -0.366 e. The third-order valence-electron chi connectivity index (χ3n) is 2.97.